The van der Waals surface area contributed by atoms with Gasteiger partial charge in [0.2, 0.25) is 5.95 Å². The molecule has 3 aromatic rings. The van der Waals surface area contributed by atoms with Crippen LogP contribution in [0, 0.1) is 23.5 Å². The highest BCUT2D eigenvalue weighted by atomic mass is 32.2. The summed E-state index contributed by atoms with van der Waals surface area (Å²) in [7, 11) is 0. The van der Waals surface area contributed by atoms with Crippen LogP contribution in [-0.2, 0) is 6.42 Å². The Morgan fingerprint density at radius 2 is 1.66 bits per heavy atom. The zero-order valence-electron chi connectivity index (χ0n) is 20.6. The minimum atomic E-state index is -0.682. The predicted octanol–water partition coefficient (Wildman–Crippen LogP) is 7.68. The molecule has 0 bridgehead atoms. The van der Waals surface area contributed by atoms with Gasteiger partial charge in [-0.3, -0.25) is 0 Å². The zero-order chi connectivity index (χ0) is 24.9. The predicted molar refractivity (Wildman–Crippen MR) is 139 cm³/mol. The second-order valence-corrected chi connectivity index (χ2v) is 9.43. The van der Waals surface area contributed by atoms with E-state index in [9.17, 15) is 8.78 Å². The third-order valence-electron chi connectivity index (χ3n) is 6.68. The van der Waals surface area contributed by atoms with Crippen LogP contribution in [0.4, 0.5) is 14.7 Å². The van der Waals surface area contributed by atoms with E-state index in [1.54, 1.807) is 24.2 Å². The molecular formula is C28H31F2N3OS. The smallest absolute Gasteiger partial charge is 0.249 e. The molecule has 2 saturated carbocycles. The van der Waals surface area contributed by atoms with Crippen LogP contribution < -0.4 is 4.74 Å². The van der Waals surface area contributed by atoms with E-state index in [-0.39, 0.29) is 23.7 Å². The molecule has 3 unspecified atom stereocenters. The molecule has 0 radical (unpaired) electrons. The van der Waals surface area contributed by atoms with Crippen LogP contribution in [0.5, 0.6) is 5.75 Å². The van der Waals surface area contributed by atoms with Gasteiger partial charge in [0.15, 0.2) is 17.4 Å². The number of aliphatic imine (C=N–C) groups is 1. The van der Waals surface area contributed by atoms with E-state index in [0.717, 1.165) is 41.0 Å². The van der Waals surface area contributed by atoms with Crippen LogP contribution in [-0.4, -0.2) is 28.0 Å². The summed E-state index contributed by atoms with van der Waals surface area (Å²) in [6.07, 6.45) is 8.64. The normalized spacial score (nSPS) is 21.7. The van der Waals surface area contributed by atoms with Crippen LogP contribution in [0.25, 0.3) is 11.1 Å². The van der Waals surface area contributed by atoms with E-state index in [1.165, 1.54) is 12.1 Å². The summed E-state index contributed by atoms with van der Waals surface area (Å²) in [4.78, 5) is 14.4. The fourth-order valence-corrected chi connectivity index (χ4v) is 5.05. The zero-order valence-corrected chi connectivity index (χ0v) is 21.4. The molecule has 1 heterocycles. The molecule has 2 fully saturated rings. The Bertz CT molecular complexity index is 1160. The number of hydrogen-bond acceptors (Lipinski definition) is 5. The van der Waals surface area contributed by atoms with Gasteiger partial charge in [-0.15, -0.1) is 11.8 Å². The molecule has 0 saturated heterocycles. The first-order chi connectivity index (χ1) is 17.1. The van der Waals surface area contributed by atoms with Gasteiger partial charge < -0.3 is 4.74 Å². The van der Waals surface area contributed by atoms with Crippen molar-refractivity contribution in [1.29, 1.82) is 0 Å². The van der Waals surface area contributed by atoms with Gasteiger partial charge in [0.1, 0.15) is 6.10 Å². The summed E-state index contributed by atoms with van der Waals surface area (Å²) in [5.74, 6) is -0.749. The Balaban J connectivity index is 0.00000141. The van der Waals surface area contributed by atoms with Crippen molar-refractivity contribution in [2.75, 3.05) is 6.26 Å². The highest BCUT2D eigenvalue weighted by Gasteiger charge is 2.48. The maximum Gasteiger partial charge on any atom is 0.249 e. The molecule has 0 aliphatic heterocycles. The molecule has 2 aromatic carbocycles. The van der Waals surface area contributed by atoms with E-state index in [2.05, 4.69) is 15.0 Å². The number of fused-ring (bicyclic) bond motifs is 1. The van der Waals surface area contributed by atoms with Gasteiger partial charge in [0.05, 0.1) is 0 Å². The fraction of sp³-hybridized carbons (Fsp3) is 0.393. The van der Waals surface area contributed by atoms with Crippen LogP contribution in [0.1, 0.15) is 45.6 Å². The number of halogens is 2. The van der Waals surface area contributed by atoms with Crippen LogP contribution >= 0.6 is 11.8 Å². The quantitative estimate of drug-likeness (QED) is 0.329. The summed E-state index contributed by atoms with van der Waals surface area (Å²) in [5, 5.41) is 0. The molecule has 5 rings (SSSR count). The molecule has 2 aliphatic rings. The topological polar surface area (TPSA) is 47.4 Å². The van der Waals surface area contributed by atoms with Gasteiger partial charge in [-0.1, -0.05) is 32.9 Å². The van der Waals surface area contributed by atoms with Crippen molar-refractivity contribution in [3.63, 3.8) is 0 Å². The number of hydrogen-bond donors (Lipinski definition) is 0. The lowest BCUT2D eigenvalue weighted by molar-refractivity contribution is 0.0833. The van der Waals surface area contributed by atoms with E-state index >= 15 is 0 Å². The van der Waals surface area contributed by atoms with Crippen LogP contribution in [0.3, 0.4) is 0 Å². The van der Waals surface area contributed by atoms with Crippen LogP contribution in [0.15, 0.2) is 58.7 Å². The lowest BCUT2D eigenvalue weighted by atomic mass is 9.75. The highest BCUT2D eigenvalue weighted by Crippen LogP contribution is 2.47. The average Bonchev–Trinajstić information content (AvgIpc) is 3.10. The molecule has 0 N–H and O–H groups in total. The summed E-state index contributed by atoms with van der Waals surface area (Å²) < 4.78 is 35.8. The van der Waals surface area contributed by atoms with Crippen molar-refractivity contribution in [2.24, 2.45) is 16.8 Å². The standard InChI is InChI=1S/C26H25F2N3OS.C2H6/c1-3-15-13-29-26(30-14-15)31-23-12-24(20-9-8-19(20)23)32-25-21(27)10-17(11-22(25)28)16-4-6-18(33-2)7-5-16;1-2/h4-7,10-11,13-14,19-20,24H,3,8-9,12H2,1-2H3;1-2H3. The largest absolute Gasteiger partial charge is 0.484 e. The van der Waals surface area contributed by atoms with Crippen LogP contribution in [0.2, 0.25) is 0 Å². The second-order valence-electron chi connectivity index (χ2n) is 8.55. The lowest BCUT2D eigenvalue weighted by Crippen LogP contribution is -2.33. The Morgan fingerprint density at radius 1 is 1.00 bits per heavy atom. The molecule has 7 heteroatoms. The van der Waals surface area contributed by atoms with Gasteiger partial charge in [-0.05, 0) is 66.5 Å². The van der Waals surface area contributed by atoms with E-state index in [4.69, 9.17) is 4.74 Å². The third-order valence-corrected chi connectivity index (χ3v) is 7.42. The molecule has 35 heavy (non-hydrogen) atoms. The molecule has 0 spiro atoms. The summed E-state index contributed by atoms with van der Waals surface area (Å²) >= 11 is 1.62. The average molecular weight is 496 g/mol. The maximum atomic E-state index is 14.9. The molecule has 4 nitrogen and oxygen atoms in total. The van der Waals surface area contributed by atoms with Crippen molar-refractivity contribution in [2.45, 2.75) is 57.5 Å². The summed E-state index contributed by atoms with van der Waals surface area (Å²) in [5.41, 5.74) is 3.28. The van der Waals surface area contributed by atoms with Gasteiger partial charge in [0.25, 0.3) is 0 Å². The van der Waals surface area contributed by atoms with E-state index < -0.39 is 11.6 Å². The van der Waals surface area contributed by atoms with Gasteiger partial charge in [-0.25, -0.2) is 23.7 Å². The van der Waals surface area contributed by atoms with Crippen molar-refractivity contribution in [3.05, 3.63) is 66.0 Å². The molecule has 2 aliphatic carbocycles. The molecule has 0 amide bonds. The number of rotatable bonds is 6. The van der Waals surface area contributed by atoms with Crippen molar-refractivity contribution >= 4 is 23.4 Å². The number of ether oxygens (including phenoxy) is 1. The number of thioether (sulfide) groups is 1. The molecule has 184 valence electrons. The first-order valence-corrected chi connectivity index (χ1v) is 13.5. The van der Waals surface area contributed by atoms with Gasteiger partial charge in [0, 0.05) is 41.3 Å². The minimum absolute atomic E-state index is 0.219. The Kier molecular flexibility index (Phi) is 8.16. The molecular weight excluding hydrogens is 464 g/mol. The first kappa shape index (κ1) is 25.3. The molecule has 1 aromatic heterocycles. The monoisotopic (exact) mass is 495 g/mol. The number of aromatic nitrogens is 2. The van der Waals surface area contributed by atoms with Gasteiger partial charge >= 0.3 is 0 Å². The number of nitrogens with zero attached hydrogens (tertiary/aromatic N) is 3. The first-order valence-electron chi connectivity index (χ1n) is 12.2. The maximum absolute atomic E-state index is 14.9. The van der Waals surface area contributed by atoms with E-state index in [1.807, 2.05) is 51.3 Å². The fourth-order valence-electron chi connectivity index (χ4n) is 4.64. The Morgan fingerprint density at radius 3 is 2.20 bits per heavy atom. The summed E-state index contributed by atoms with van der Waals surface area (Å²) in [6.45, 7) is 6.05. The lowest BCUT2D eigenvalue weighted by Gasteiger charge is -2.33. The number of aryl methyl sites for hydroxylation is 1. The Labute approximate surface area is 210 Å². The Hall–Kier alpha value is -2.80. The van der Waals surface area contributed by atoms with Crippen molar-refractivity contribution < 1.29 is 13.5 Å². The van der Waals surface area contributed by atoms with Gasteiger partial charge in [-0.2, -0.15) is 0 Å². The second kappa shape index (κ2) is 11.3. The third kappa shape index (κ3) is 5.40. The summed E-state index contributed by atoms with van der Waals surface area (Å²) in [6, 6.07) is 10.3. The van der Waals surface area contributed by atoms with E-state index in [0.29, 0.717) is 17.9 Å². The molecule has 3 atom stereocenters. The SMILES string of the molecule is CC.CCc1cnc(N=C2CC(Oc3c(F)cc(-c4ccc(SC)cc4)cc3F)C3CCC23)nc1. The van der Waals surface area contributed by atoms with Crippen molar-refractivity contribution in [1.82, 2.24) is 9.97 Å². The minimum Gasteiger partial charge on any atom is -0.484 e. The highest BCUT2D eigenvalue weighted by molar-refractivity contribution is 7.98. The van der Waals surface area contributed by atoms with Crippen molar-refractivity contribution in [3.8, 4) is 16.9 Å². The number of benzene rings is 2.